The van der Waals surface area contributed by atoms with E-state index in [1.807, 2.05) is 18.2 Å². The van der Waals surface area contributed by atoms with Crippen LogP contribution < -0.4 is 14.8 Å². The molecule has 0 atom stereocenters. The van der Waals surface area contributed by atoms with Crippen molar-refractivity contribution in [2.75, 3.05) is 33.2 Å². The van der Waals surface area contributed by atoms with Crippen molar-refractivity contribution in [1.29, 1.82) is 0 Å². The molecule has 0 radical (unpaired) electrons. The number of benzene rings is 1. The molecule has 5 nitrogen and oxygen atoms in total. The lowest BCUT2D eigenvalue weighted by Gasteiger charge is -2.15. The third-order valence-electron chi connectivity index (χ3n) is 3.49. The molecule has 1 aromatic rings. The fraction of sp³-hybridized carbons (Fsp3) is 0.500. The van der Waals surface area contributed by atoms with Crippen LogP contribution >= 0.6 is 0 Å². The number of nitrogens with one attached hydrogen (secondary N) is 1. The van der Waals surface area contributed by atoms with Crippen LogP contribution in [0.1, 0.15) is 12.8 Å². The zero-order valence-corrected chi connectivity index (χ0v) is 11.5. The summed E-state index contributed by atoms with van der Waals surface area (Å²) in [5, 5.41) is 3.25. The number of esters is 1. The summed E-state index contributed by atoms with van der Waals surface area (Å²) in [7, 11) is 4.62. The van der Waals surface area contributed by atoms with Crippen molar-refractivity contribution in [3.8, 4) is 11.5 Å². The first-order valence-corrected chi connectivity index (χ1v) is 6.19. The number of hydrogen-bond acceptors (Lipinski definition) is 5. The lowest BCUT2D eigenvalue weighted by Crippen LogP contribution is -2.25. The molecule has 0 aromatic heterocycles. The maximum atomic E-state index is 11.6. The summed E-state index contributed by atoms with van der Waals surface area (Å²) >= 11 is 0. The van der Waals surface area contributed by atoms with Gasteiger partial charge in [0.05, 0.1) is 26.7 Å². The van der Waals surface area contributed by atoms with Gasteiger partial charge in [-0.15, -0.1) is 0 Å². The Balaban J connectivity index is 2.02. The molecule has 0 heterocycles. The van der Waals surface area contributed by atoms with Crippen LogP contribution in [-0.4, -0.2) is 33.8 Å². The van der Waals surface area contributed by atoms with E-state index in [-0.39, 0.29) is 11.4 Å². The summed E-state index contributed by atoms with van der Waals surface area (Å²) in [5.74, 6) is 1.21. The highest BCUT2D eigenvalue weighted by atomic mass is 16.5. The zero-order chi connectivity index (χ0) is 13.9. The number of methoxy groups -OCH3 is 3. The van der Waals surface area contributed by atoms with Crippen LogP contribution in [0, 0.1) is 5.41 Å². The number of rotatable bonds is 6. The number of anilines is 1. The second-order valence-corrected chi connectivity index (χ2v) is 4.70. The Morgan fingerprint density at radius 1 is 1.21 bits per heavy atom. The van der Waals surface area contributed by atoms with Crippen molar-refractivity contribution >= 4 is 11.7 Å². The first kappa shape index (κ1) is 13.5. The lowest BCUT2D eigenvalue weighted by atomic mass is 10.1. The van der Waals surface area contributed by atoms with E-state index in [0.29, 0.717) is 18.0 Å². The number of ether oxygens (including phenoxy) is 3. The van der Waals surface area contributed by atoms with Crippen LogP contribution in [0.3, 0.4) is 0 Å². The molecule has 1 aliphatic carbocycles. The Morgan fingerprint density at radius 2 is 1.89 bits per heavy atom. The monoisotopic (exact) mass is 265 g/mol. The van der Waals surface area contributed by atoms with Gasteiger partial charge in [-0.25, -0.2) is 0 Å². The first-order chi connectivity index (χ1) is 9.15. The Hall–Kier alpha value is -1.91. The molecule has 19 heavy (non-hydrogen) atoms. The van der Waals surface area contributed by atoms with E-state index in [4.69, 9.17) is 14.2 Å². The normalized spacial score (nSPS) is 15.5. The van der Waals surface area contributed by atoms with Gasteiger partial charge in [0.2, 0.25) is 0 Å². The topological polar surface area (TPSA) is 56.8 Å². The molecule has 1 fully saturated rings. The third kappa shape index (κ3) is 2.75. The van der Waals surface area contributed by atoms with Crippen LogP contribution in [0.15, 0.2) is 18.2 Å². The highest BCUT2D eigenvalue weighted by Gasteiger charge is 2.50. The molecule has 1 aliphatic rings. The first-order valence-electron chi connectivity index (χ1n) is 6.19. The van der Waals surface area contributed by atoms with Gasteiger partial charge in [0.15, 0.2) is 11.5 Å². The van der Waals surface area contributed by atoms with Crippen LogP contribution in [0.2, 0.25) is 0 Å². The summed E-state index contributed by atoms with van der Waals surface area (Å²) in [6, 6.07) is 5.58. The van der Waals surface area contributed by atoms with E-state index >= 15 is 0 Å². The van der Waals surface area contributed by atoms with Crippen molar-refractivity contribution in [3.63, 3.8) is 0 Å². The molecule has 1 aromatic carbocycles. The van der Waals surface area contributed by atoms with E-state index in [0.717, 1.165) is 18.5 Å². The second kappa shape index (κ2) is 5.38. The molecule has 0 bridgehead atoms. The van der Waals surface area contributed by atoms with Gasteiger partial charge in [-0.05, 0) is 25.0 Å². The minimum absolute atomic E-state index is 0.138. The fourth-order valence-electron chi connectivity index (χ4n) is 2.04. The molecule has 0 spiro atoms. The average Bonchev–Trinajstić information content (AvgIpc) is 3.25. The predicted molar refractivity (Wildman–Crippen MR) is 71.7 cm³/mol. The fourth-order valence-corrected chi connectivity index (χ4v) is 2.04. The average molecular weight is 265 g/mol. The molecule has 0 amide bonds. The largest absolute Gasteiger partial charge is 0.493 e. The van der Waals surface area contributed by atoms with Gasteiger partial charge in [0.25, 0.3) is 0 Å². The molecular formula is C14H19NO4. The van der Waals surface area contributed by atoms with Crippen LogP contribution in [0.4, 0.5) is 5.69 Å². The van der Waals surface area contributed by atoms with Gasteiger partial charge in [-0.1, -0.05) is 0 Å². The van der Waals surface area contributed by atoms with Crippen LogP contribution in [-0.2, 0) is 9.53 Å². The van der Waals surface area contributed by atoms with Gasteiger partial charge in [0, 0.05) is 18.3 Å². The van der Waals surface area contributed by atoms with Crippen LogP contribution in [0.5, 0.6) is 11.5 Å². The quantitative estimate of drug-likeness (QED) is 0.798. The number of hydrogen-bond donors (Lipinski definition) is 1. The van der Waals surface area contributed by atoms with E-state index in [2.05, 4.69) is 5.32 Å². The SMILES string of the molecule is COC(=O)C1(CNc2ccc(OC)c(OC)c2)CC1. The Kier molecular flexibility index (Phi) is 3.83. The minimum atomic E-state index is -0.345. The van der Waals surface area contributed by atoms with Gasteiger partial charge in [0.1, 0.15) is 0 Å². The van der Waals surface area contributed by atoms with Gasteiger partial charge < -0.3 is 19.5 Å². The Morgan fingerprint density at radius 3 is 2.42 bits per heavy atom. The maximum Gasteiger partial charge on any atom is 0.313 e. The molecule has 0 saturated heterocycles. The molecule has 0 aliphatic heterocycles. The third-order valence-corrected chi connectivity index (χ3v) is 3.49. The smallest absolute Gasteiger partial charge is 0.313 e. The molecule has 1 N–H and O–H groups in total. The molecule has 2 rings (SSSR count). The van der Waals surface area contributed by atoms with Crippen molar-refractivity contribution in [3.05, 3.63) is 18.2 Å². The molecular weight excluding hydrogens is 246 g/mol. The summed E-state index contributed by atoms with van der Waals surface area (Å²) in [6.07, 6.45) is 1.75. The summed E-state index contributed by atoms with van der Waals surface area (Å²) in [5.41, 5.74) is 0.551. The van der Waals surface area contributed by atoms with Crippen molar-refractivity contribution < 1.29 is 19.0 Å². The highest BCUT2D eigenvalue weighted by Crippen LogP contribution is 2.46. The van der Waals surface area contributed by atoms with Crippen molar-refractivity contribution in [2.24, 2.45) is 5.41 Å². The van der Waals surface area contributed by atoms with Gasteiger partial charge >= 0.3 is 5.97 Å². The van der Waals surface area contributed by atoms with Gasteiger partial charge in [-0.3, -0.25) is 4.79 Å². The molecule has 0 unspecified atom stereocenters. The molecule has 5 heteroatoms. The second-order valence-electron chi connectivity index (χ2n) is 4.70. The summed E-state index contributed by atoms with van der Waals surface area (Å²) in [4.78, 5) is 11.6. The molecule has 104 valence electrons. The number of carbonyl (C=O) groups excluding carboxylic acids is 1. The highest BCUT2D eigenvalue weighted by molar-refractivity contribution is 5.80. The van der Waals surface area contributed by atoms with Crippen LogP contribution in [0.25, 0.3) is 0 Å². The predicted octanol–water partition coefficient (Wildman–Crippen LogP) is 2.07. The lowest BCUT2D eigenvalue weighted by molar-refractivity contribution is -0.146. The van der Waals surface area contributed by atoms with E-state index in [9.17, 15) is 4.79 Å². The molecule has 1 saturated carbocycles. The van der Waals surface area contributed by atoms with Crippen molar-refractivity contribution in [2.45, 2.75) is 12.8 Å². The van der Waals surface area contributed by atoms with E-state index < -0.39 is 0 Å². The maximum absolute atomic E-state index is 11.6. The zero-order valence-electron chi connectivity index (χ0n) is 11.5. The standard InChI is InChI=1S/C14H19NO4/c1-17-11-5-4-10(8-12(11)18-2)15-9-14(6-7-14)13(16)19-3/h4-5,8,15H,6-7,9H2,1-3H3. The minimum Gasteiger partial charge on any atom is -0.493 e. The summed E-state index contributed by atoms with van der Waals surface area (Å²) in [6.45, 7) is 0.579. The summed E-state index contributed by atoms with van der Waals surface area (Å²) < 4.78 is 15.2. The number of carbonyl (C=O) groups is 1. The van der Waals surface area contributed by atoms with E-state index in [1.165, 1.54) is 7.11 Å². The van der Waals surface area contributed by atoms with Gasteiger partial charge in [-0.2, -0.15) is 0 Å². The Labute approximate surface area is 112 Å². The Bertz CT molecular complexity index is 469. The van der Waals surface area contributed by atoms with Crippen molar-refractivity contribution in [1.82, 2.24) is 0 Å². The van der Waals surface area contributed by atoms with E-state index in [1.54, 1.807) is 14.2 Å².